The van der Waals surface area contributed by atoms with Crippen LogP contribution in [0.3, 0.4) is 0 Å². The lowest BCUT2D eigenvalue weighted by Gasteiger charge is -2.19. The van der Waals surface area contributed by atoms with Gasteiger partial charge in [-0.05, 0) is 18.9 Å². The van der Waals surface area contributed by atoms with E-state index in [1.54, 1.807) is 13.1 Å². The van der Waals surface area contributed by atoms with Crippen molar-refractivity contribution in [2.75, 3.05) is 23.3 Å². The molecule has 1 aliphatic heterocycles. The van der Waals surface area contributed by atoms with E-state index in [4.69, 9.17) is 0 Å². The normalized spacial score (nSPS) is 16.3. The average Bonchev–Trinajstić information content (AvgIpc) is 3.17. The predicted octanol–water partition coefficient (Wildman–Crippen LogP) is 1.70. The first-order valence-electron chi connectivity index (χ1n) is 9.36. The fourth-order valence-corrected chi connectivity index (χ4v) is 3.54. The molecule has 1 saturated heterocycles. The highest BCUT2D eigenvalue weighted by molar-refractivity contribution is 5.74. The maximum Gasteiger partial charge on any atom is 0.329 e. The molecule has 0 aliphatic carbocycles. The summed E-state index contributed by atoms with van der Waals surface area (Å²) < 4.78 is 1.18. The van der Waals surface area contributed by atoms with Gasteiger partial charge in [0, 0.05) is 43.5 Å². The monoisotopic (exact) mass is 378 g/mol. The summed E-state index contributed by atoms with van der Waals surface area (Å²) in [5.41, 5.74) is 1.34. The van der Waals surface area contributed by atoms with Crippen molar-refractivity contribution in [1.29, 1.82) is 0 Å². The third kappa shape index (κ3) is 3.53. The molecule has 3 aromatic rings. The fraction of sp³-hybridized carbons (Fsp3) is 0.300. The van der Waals surface area contributed by atoms with Gasteiger partial charge in [0.05, 0.1) is 0 Å². The van der Waals surface area contributed by atoms with Gasteiger partial charge in [0.1, 0.15) is 18.0 Å². The Hall–Kier alpha value is -3.42. The third-order valence-corrected chi connectivity index (χ3v) is 4.99. The molecule has 4 rings (SSSR count). The number of nitrogens with zero attached hydrogens (tertiary/aromatic N) is 4. The van der Waals surface area contributed by atoms with Crippen molar-refractivity contribution in [2.24, 2.45) is 0 Å². The number of H-pyrrole nitrogens is 1. The van der Waals surface area contributed by atoms with Gasteiger partial charge in [0.25, 0.3) is 5.56 Å². The zero-order valence-corrected chi connectivity index (χ0v) is 15.6. The van der Waals surface area contributed by atoms with Gasteiger partial charge in [-0.3, -0.25) is 14.3 Å². The van der Waals surface area contributed by atoms with E-state index in [1.165, 1.54) is 17.0 Å². The van der Waals surface area contributed by atoms with E-state index in [-0.39, 0.29) is 17.3 Å². The Labute approximate surface area is 161 Å². The van der Waals surface area contributed by atoms with Crippen LogP contribution in [0, 0.1) is 0 Å². The lowest BCUT2D eigenvalue weighted by atomic mass is 10.1. The second-order valence-electron chi connectivity index (χ2n) is 6.77. The van der Waals surface area contributed by atoms with E-state index in [0.29, 0.717) is 18.9 Å². The Kier molecular flexibility index (Phi) is 4.92. The molecule has 0 amide bonds. The molecular weight excluding hydrogens is 356 g/mol. The molecule has 1 fully saturated rings. The minimum Gasteiger partial charge on any atom is -0.365 e. The number of anilines is 2. The zero-order valence-electron chi connectivity index (χ0n) is 15.6. The smallest absolute Gasteiger partial charge is 0.329 e. The van der Waals surface area contributed by atoms with Crippen LogP contribution in [-0.4, -0.2) is 38.7 Å². The van der Waals surface area contributed by atoms with Crippen LogP contribution in [0.4, 0.5) is 11.6 Å². The van der Waals surface area contributed by atoms with Crippen molar-refractivity contribution >= 4 is 11.6 Å². The van der Waals surface area contributed by atoms with E-state index in [0.717, 1.165) is 29.9 Å². The summed E-state index contributed by atoms with van der Waals surface area (Å²) in [6, 6.07) is 11.6. The predicted molar refractivity (Wildman–Crippen MR) is 109 cm³/mol. The molecular formula is C20H22N6O2. The molecule has 0 radical (unpaired) electrons. The van der Waals surface area contributed by atoms with E-state index in [9.17, 15) is 9.59 Å². The van der Waals surface area contributed by atoms with Crippen LogP contribution >= 0.6 is 0 Å². The van der Waals surface area contributed by atoms with Gasteiger partial charge >= 0.3 is 5.69 Å². The molecule has 144 valence electrons. The molecule has 0 unspecified atom stereocenters. The largest absolute Gasteiger partial charge is 0.365 e. The number of rotatable bonds is 5. The fourth-order valence-electron chi connectivity index (χ4n) is 3.54. The highest BCUT2D eigenvalue weighted by atomic mass is 16.2. The molecule has 0 spiro atoms. The summed E-state index contributed by atoms with van der Waals surface area (Å²) in [5, 5.41) is 3.49. The minimum atomic E-state index is -0.372. The van der Waals surface area contributed by atoms with Crippen LogP contribution in [0.2, 0.25) is 0 Å². The first-order valence-corrected chi connectivity index (χ1v) is 9.36. The lowest BCUT2D eigenvalue weighted by molar-refractivity contribution is 0.669. The minimum absolute atomic E-state index is 0.148. The van der Waals surface area contributed by atoms with Gasteiger partial charge < -0.3 is 10.2 Å². The topological polar surface area (TPSA) is 95.9 Å². The molecule has 2 N–H and O–H groups in total. The lowest BCUT2D eigenvalue weighted by Crippen LogP contribution is -2.37. The van der Waals surface area contributed by atoms with Crippen molar-refractivity contribution in [3.63, 3.8) is 0 Å². The van der Waals surface area contributed by atoms with E-state index < -0.39 is 0 Å². The number of hydrogen-bond acceptors (Lipinski definition) is 6. The summed E-state index contributed by atoms with van der Waals surface area (Å²) in [7, 11) is 0. The van der Waals surface area contributed by atoms with Crippen molar-refractivity contribution < 1.29 is 0 Å². The van der Waals surface area contributed by atoms with Gasteiger partial charge in [-0.2, -0.15) is 0 Å². The molecule has 0 saturated carbocycles. The zero-order chi connectivity index (χ0) is 19.5. The van der Waals surface area contributed by atoms with E-state index >= 15 is 0 Å². The van der Waals surface area contributed by atoms with Gasteiger partial charge in [-0.15, -0.1) is 0 Å². The Bertz CT molecular complexity index is 1040. The van der Waals surface area contributed by atoms with E-state index in [2.05, 4.69) is 20.3 Å². The Morgan fingerprint density at radius 1 is 1.25 bits per heavy atom. The Morgan fingerprint density at radius 2 is 2.07 bits per heavy atom. The SMILES string of the molecule is CCn1c(=O)cc(N2CC[C@@H](Nc3ncncc3-c3ccccc3)C2)[nH]c1=O. The molecule has 8 heteroatoms. The molecule has 28 heavy (non-hydrogen) atoms. The summed E-state index contributed by atoms with van der Waals surface area (Å²) >= 11 is 0. The highest BCUT2D eigenvalue weighted by Crippen LogP contribution is 2.27. The van der Waals surface area contributed by atoms with E-state index in [1.807, 2.05) is 35.2 Å². The Balaban J connectivity index is 1.52. The molecule has 3 heterocycles. The maximum absolute atomic E-state index is 12.1. The third-order valence-electron chi connectivity index (χ3n) is 4.99. The number of nitrogens with one attached hydrogen (secondary N) is 2. The second kappa shape index (κ2) is 7.67. The van der Waals surface area contributed by atoms with Gasteiger partial charge in [0.15, 0.2) is 0 Å². The molecule has 1 aliphatic rings. The van der Waals surface area contributed by atoms with Crippen molar-refractivity contribution in [2.45, 2.75) is 25.9 Å². The second-order valence-corrected chi connectivity index (χ2v) is 6.77. The van der Waals surface area contributed by atoms with Crippen molar-refractivity contribution in [1.82, 2.24) is 19.5 Å². The quantitative estimate of drug-likeness (QED) is 0.702. The van der Waals surface area contributed by atoms with Crippen LogP contribution in [0.15, 0.2) is 58.5 Å². The molecule has 1 atom stereocenters. The summed E-state index contributed by atoms with van der Waals surface area (Å²) in [4.78, 5) is 37.6. The first kappa shape index (κ1) is 18.0. The van der Waals surface area contributed by atoms with Crippen molar-refractivity contribution in [3.05, 3.63) is 69.8 Å². The van der Waals surface area contributed by atoms with Crippen LogP contribution in [0.1, 0.15) is 13.3 Å². The number of aromatic nitrogens is 4. The van der Waals surface area contributed by atoms with Crippen LogP contribution < -0.4 is 21.5 Å². The van der Waals surface area contributed by atoms with Crippen molar-refractivity contribution in [3.8, 4) is 11.1 Å². The number of aromatic amines is 1. The summed E-state index contributed by atoms with van der Waals surface area (Å²) in [6.07, 6.45) is 4.21. The number of benzene rings is 1. The average molecular weight is 378 g/mol. The van der Waals surface area contributed by atoms with Crippen LogP contribution in [0.25, 0.3) is 11.1 Å². The summed E-state index contributed by atoms with van der Waals surface area (Å²) in [5.74, 6) is 1.35. The van der Waals surface area contributed by atoms with Crippen LogP contribution in [0.5, 0.6) is 0 Å². The Morgan fingerprint density at radius 3 is 2.82 bits per heavy atom. The van der Waals surface area contributed by atoms with Gasteiger partial charge in [0.2, 0.25) is 0 Å². The van der Waals surface area contributed by atoms with Crippen LogP contribution in [-0.2, 0) is 6.54 Å². The van der Waals surface area contributed by atoms with Gasteiger partial charge in [-0.25, -0.2) is 14.8 Å². The highest BCUT2D eigenvalue weighted by Gasteiger charge is 2.25. The number of hydrogen-bond donors (Lipinski definition) is 2. The molecule has 8 nitrogen and oxygen atoms in total. The molecule has 0 bridgehead atoms. The molecule has 2 aromatic heterocycles. The standard InChI is InChI=1S/C20H22N6O2/c1-2-26-18(27)10-17(24-20(26)28)25-9-8-15(12-25)23-19-16(11-21-13-22-19)14-6-4-3-5-7-14/h3-7,10-11,13,15H,2,8-9,12H2,1H3,(H,24,28)(H,21,22,23)/t15-/m1/s1. The molecule has 1 aromatic carbocycles. The first-order chi connectivity index (χ1) is 13.7. The maximum atomic E-state index is 12.1. The summed E-state index contributed by atoms with van der Waals surface area (Å²) in [6.45, 7) is 3.55. The van der Waals surface area contributed by atoms with Gasteiger partial charge in [-0.1, -0.05) is 30.3 Å².